The minimum Gasteiger partial charge on any atom is -0.316 e. The van der Waals surface area contributed by atoms with Gasteiger partial charge in [0.15, 0.2) is 0 Å². The van der Waals surface area contributed by atoms with Gasteiger partial charge in [-0.2, -0.15) is 0 Å². The topological polar surface area (TPSA) is 58.2 Å². The molecular weight excluding hydrogens is 295 g/mol. The molecule has 2 N–H and O–H groups in total. The summed E-state index contributed by atoms with van der Waals surface area (Å²) in [4.78, 5) is 0.237. The van der Waals surface area contributed by atoms with Crippen LogP contribution in [0.3, 0.4) is 0 Å². The van der Waals surface area contributed by atoms with Crippen LogP contribution in [0.25, 0.3) is 0 Å². The Morgan fingerprint density at radius 1 is 1.28 bits per heavy atom. The number of benzene rings is 1. The van der Waals surface area contributed by atoms with Crippen LogP contribution in [0.2, 0.25) is 5.02 Å². The van der Waals surface area contributed by atoms with Gasteiger partial charge >= 0.3 is 0 Å². The van der Waals surface area contributed by atoms with Crippen LogP contribution in [0, 0.1) is 6.92 Å². The lowest BCUT2D eigenvalue weighted by Crippen LogP contribution is -2.32. The van der Waals surface area contributed by atoms with Crippen molar-refractivity contribution >= 4 is 34.0 Å². The molecular formula is C11H18Cl2N2O2S. The van der Waals surface area contributed by atoms with E-state index >= 15 is 0 Å². The molecule has 0 amide bonds. The predicted molar refractivity (Wildman–Crippen MR) is 77.2 cm³/mol. The zero-order chi connectivity index (χ0) is 12.9. The van der Waals surface area contributed by atoms with Crippen molar-refractivity contribution in [2.24, 2.45) is 0 Å². The van der Waals surface area contributed by atoms with Crippen LogP contribution < -0.4 is 10.0 Å². The van der Waals surface area contributed by atoms with Gasteiger partial charge in [-0.15, -0.1) is 12.4 Å². The highest BCUT2D eigenvalue weighted by Crippen LogP contribution is 2.22. The minimum atomic E-state index is -3.47. The third-order valence-electron chi connectivity index (χ3n) is 2.35. The first kappa shape index (κ1) is 17.7. The summed E-state index contributed by atoms with van der Waals surface area (Å²) in [5.74, 6) is 0. The molecule has 0 atom stereocenters. The van der Waals surface area contributed by atoms with Gasteiger partial charge in [0.2, 0.25) is 10.0 Å². The lowest BCUT2D eigenvalue weighted by molar-refractivity contribution is 0.577. The monoisotopic (exact) mass is 312 g/mol. The average Bonchev–Trinajstić information content (AvgIpc) is 2.28. The van der Waals surface area contributed by atoms with Crippen molar-refractivity contribution in [1.29, 1.82) is 0 Å². The van der Waals surface area contributed by atoms with E-state index in [2.05, 4.69) is 10.0 Å². The van der Waals surface area contributed by atoms with Gasteiger partial charge < -0.3 is 5.32 Å². The number of hydrogen-bond acceptors (Lipinski definition) is 3. The van der Waals surface area contributed by atoms with Crippen molar-refractivity contribution in [1.82, 2.24) is 10.0 Å². The Balaban J connectivity index is 0.00000289. The van der Waals surface area contributed by atoms with Crippen LogP contribution >= 0.6 is 24.0 Å². The molecule has 0 heterocycles. The highest BCUT2D eigenvalue weighted by atomic mass is 35.5. The molecule has 0 saturated heterocycles. The van der Waals surface area contributed by atoms with Gasteiger partial charge in [-0.3, -0.25) is 0 Å². The molecule has 1 rings (SSSR count). The molecule has 0 bridgehead atoms. The fourth-order valence-corrected chi connectivity index (χ4v) is 2.93. The van der Waals surface area contributed by atoms with Crippen LogP contribution in [0.4, 0.5) is 0 Å². The Morgan fingerprint density at radius 2 is 1.94 bits per heavy atom. The third-order valence-corrected chi connectivity index (χ3v) is 4.37. The quantitative estimate of drug-likeness (QED) is 0.789. The summed E-state index contributed by atoms with van der Waals surface area (Å²) in [5, 5.41) is 3.50. The maximum atomic E-state index is 12.0. The molecule has 0 radical (unpaired) electrons. The van der Waals surface area contributed by atoms with Crippen LogP contribution in [0.1, 0.15) is 12.5 Å². The number of rotatable bonds is 6. The molecule has 4 nitrogen and oxygen atoms in total. The highest BCUT2D eigenvalue weighted by Gasteiger charge is 2.16. The van der Waals surface area contributed by atoms with E-state index in [9.17, 15) is 8.42 Å². The maximum Gasteiger partial charge on any atom is 0.240 e. The Labute approximate surface area is 120 Å². The molecule has 0 aliphatic carbocycles. The normalized spacial score (nSPS) is 11.1. The summed E-state index contributed by atoms with van der Waals surface area (Å²) in [7, 11) is -3.47. The van der Waals surface area contributed by atoms with Gasteiger partial charge in [-0.1, -0.05) is 24.6 Å². The van der Waals surface area contributed by atoms with E-state index in [1.807, 2.05) is 6.92 Å². The SMILES string of the molecule is CCNCCNS(=O)(=O)c1cccc(Cl)c1C.Cl. The third kappa shape index (κ3) is 4.74. The number of halogens is 2. The first-order valence-corrected chi connectivity index (χ1v) is 7.30. The van der Waals surface area contributed by atoms with Crippen LogP contribution in [-0.2, 0) is 10.0 Å². The van der Waals surface area contributed by atoms with Crippen LogP contribution in [0.15, 0.2) is 23.1 Å². The second-order valence-corrected chi connectivity index (χ2v) is 5.76. The lowest BCUT2D eigenvalue weighted by Gasteiger charge is -2.10. The summed E-state index contributed by atoms with van der Waals surface area (Å²) in [6.45, 7) is 5.45. The maximum absolute atomic E-state index is 12.0. The zero-order valence-corrected chi connectivity index (χ0v) is 12.8. The minimum absolute atomic E-state index is 0. The summed E-state index contributed by atoms with van der Waals surface area (Å²) >= 11 is 5.90. The molecule has 18 heavy (non-hydrogen) atoms. The van der Waals surface area contributed by atoms with Crippen LogP contribution in [-0.4, -0.2) is 28.1 Å². The number of nitrogens with one attached hydrogen (secondary N) is 2. The van der Waals surface area contributed by atoms with Crippen molar-refractivity contribution in [3.8, 4) is 0 Å². The zero-order valence-electron chi connectivity index (χ0n) is 10.4. The van der Waals surface area contributed by atoms with E-state index in [1.54, 1.807) is 25.1 Å². The lowest BCUT2D eigenvalue weighted by atomic mass is 10.2. The second-order valence-electron chi connectivity index (χ2n) is 3.61. The fourth-order valence-electron chi connectivity index (χ4n) is 1.41. The Morgan fingerprint density at radius 3 is 2.56 bits per heavy atom. The van der Waals surface area contributed by atoms with Gasteiger partial charge in [-0.25, -0.2) is 13.1 Å². The van der Waals surface area contributed by atoms with E-state index in [4.69, 9.17) is 11.6 Å². The Kier molecular flexibility index (Phi) is 7.82. The van der Waals surface area contributed by atoms with Crippen LogP contribution in [0.5, 0.6) is 0 Å². The summed E-state index contributed by atoms with van der Waals surface area (Å²) in [6.07, 6.45) is 0. The van der Waals surface area contributed by atoms with Crippen molar-refractivity contribution in [3.05, 3.63) is 28.8 Å². The molecule has 1 aromatic rings. The number of sulfonamides is 1. The smallest absolute Gasteiger partial charge is 0.240 e. The Bertz CT molecular complexity index is 478. The van der Waals surface area contributed by atoms with E-state index in [1.165, 1.54) is 0 Å². The largest absolute Gasteiger partial charge is 0.316 e. The molecule has 0 unspecified atom stereocenters. The molecule has 0 aromatic heterocycles. The van der Waals surface area contributed by atoms with Gasteiger partial charge in [0.25, 0.3) is 0 Å². The van der Waals surface area contributed by atoms with Gasteiger partial charge in [0.1, 0.15) is 0 Å². The van der Waals surface area contributed by atoms with Gasteiger partial charge in [-0.05, 0) is 31.2 Å². The van der Waals surface area contributed by atoms with E-state index in [-0.39, 0.29) is 17.3 Å². The van der Waals surface area contributed by atoms with Gasteiger partial charge in [0, 0.05) is 18.1 Å². The molecule has 0 saturated carbocycles. The summed E-state index contributed by atoms with van der Waals surface area (Å²) in [6, 6.07) is 4.86. The Hall–Kier alpha value is -0.330. The first-order chi connectivity index (χ1) is 7.99. The molecule has 1 aromatic carbocycles. The molecule has 0 spiro atoms. The second kappa shape index (κ2) is 7.96. The van der Waals surface area contributed by atoms with E-state index < -0.39 is 10.0 Å². The molecule has 0 aliphatic heterocycles. The molecule has 0 fully saturated rings. The summed E-state index contributed by atoms with van der Waals surface area (Å²) < 4.78 is 26.5. The number of hydrogen-bond donors (Lipinski definition) is 2. The summed E-state index contributed by atoms with van der Waals surface area (Å²) in [5.41, 5.74) is 0.574. The average molecular weight is 313 g/mol. The van der Waals surface area contributed by atoms with Crippen molar-refractivity contribution in [2.75, 3.05) is 19.6 Å². The molecule has 7 heteroatoms. The molecule has 104 valence electrons. The number of likely N-dealkylation sites (N-methyl/N-ethyl adjacent to an activating group) is 1. The fraction of sp³-hybridized carbons (Fsp3) is 0.455. The van der Waals surface area contributed by atoms with Gasteiger partial charge in [0.05, 0.1) is 4.90 Å². The predicted octanol–water partition coefficient (Wildman–Crippen LogP) is 1.96. The highest BCUT2D eigenvalue weighted by molar-refractivity contribution is 7.89. The van der Waals surface area contributed by atoms with E-state index in [0.717, 1.165) is 6.54 Å². The van der Waals surface area contributed by atoms with E-state index in [0.29, 0.717) is 23.7 Å². The van der Waals surface area contributed by atoms with Crippen molar-refractivity contribution in [2.45, 2.75) is 18.7 Å². The molecule has 0 aliphatic rings. The first-order valence-electron chi connectivity index (χ1n) is 5.44. The van der Waals surface area contributed by atoms with Crippen molar-refractivity contribution in [3.63, 3.8) is 0 Å². The standard InChI is InChI=1S/C11H17ClN2O2S.ClH/c1-3-13-7-8-14-17(15,16)11-6-4-5-10(12)9(11)2;/h4-6,13-14H,3,7-8H2,1-2H3;1H. The van der Waals surface area contributed by atoms with Crippen molar-refractivity contribution < 1.29 is 8.42 Å².